The van der Waals surface area contributed by atoms with Crippen LogP contribution < -0.4 is 16.2 Å². The number of aromatic nitrogens is 4. The molecule has 128 valence electrons. The van der Waals surface area contributed by atoms with Crippen molar-refractivity contribution >= 4 is 11.9 Å². The summed E-state index contributed by atoms with van der Waals surface area (Å²) in [6, 6.07) is 6.93. The van der Waals surface area contributed by atoms with Crippen molar-refractivity contribution in [3.63, 3.8) is 0 Å². The normalized spacial score (nSPS) is 10.4. The third kappa shape index (κ3) is 4.44. The van der Waals surface area contributed by atoms with Crippen molar-refractivity contribution in [1.29, 1.82) is 0 Å². The molecule has 4 N–H and O–H groups in total. The molecule has 0 spiro atoms. The van der Waals surface area contributed by atoms with Gasteiger partial charge in [0.05, 0.1) is 24.6 Å². The lowest BCUT2D eigenvalue weighted by atomic mass is 10.2. The number of ether oxygens (including phenoxy) is 2. The van der Waals surface area contributed by atoms with Gasteiger partial charge >= 0.3 is 6.09 Å². The Bertz CT molecular complexity index is 862. The number of hydrogen-bond acceptors (Lipinski definition) is 7. The maximum Gasteiger partial charge on any atom is 0.404 e. The first-order chi connectivity index (χ1) is 12.1. The van der Waals surface area contributed by atoms with Crippen molar-refractivity contribution in [3.05, 3.63) is 49.1 Å². The standard InChI is InChI=1S/C16H16N6O3/c17-15-2-1-13(9-20-15)25-12-3-4-19-14(7-12)11-8-21-22(10-11)5-6-24-16(18)23/h1-4,7-10H,5-6H2,(H2,17,20)(H2,18,23). The van der Waals surface area contributed by atoms with Gasteiger partial charge in [-0.3, -0.25) is 9.67 Å². The lowest BCUT2D eigenvalue weighted by molar-refractivity contribution is 0.151. The minimum absolute atomic E-state index is 0.150. The van der Waals surface area contributed by atoms with Crippen LogP contribution in [0, 0.1) is 0 Å². The van der Waals surface area contributed by atoms with E-state index in [0.717, 1.165) is 5.56 Å². The van der Waals surface area contributed by atoms with E-state index in [2.05, 4.69) is 19.8 Å². The topological polar surface area (TPSA) is 131 Å². The van der Waals surface area contributed by atoms with Crippen LogP contribution in [0.15, 0.2) is 49.1 Å². The van der Waals surface area contributed by atoms with E-state index in [9.17, 15) is 4.79 Å². The smallest absolute Gasteiger partial charge is 0.404 e. The zero-order valence-corrected chi connectivity index (χ0v) is 13.2. The van der Waals surface area contributed by atoms with E-state index in [1.54, 1.807) is 53.7 Å². The van der Waals surface area contributed by atoms with Gasteiger partial charge in [0.1, 0.15) is 23.9 Å². The van der Waals surface area contributed by atoms with Gasteiger partial charge in [0, 0.05) is 24.0 Å². The minimum Gasteiger partial charge on any atom is -0.456 e. The highest BCUT2D eigenvalue weighted by Crippen LogP contribution is 2.25. The van der Waals surface area contributed by atoms with E-state index >= 15 is 0 Å². The van der Waals surface area contributed by atoms with Crippen molar-refractivity contribution in [3.8, 4) is 22.8 Å². The van der Waals surface area contributed by atoms with E-state index in [4.69, 9.17) is 16.2 Å². The highest BCUT2D eigenvalue weighted by molar-refractivity contribution is 5.64. The highest BCUT2D eigenvalue weighted by Gasteiger charge is 2.06. The lowest BCUT2D eigenvalue weighted by Gasteiger charge is -2.06. The fourth-order valence-electron chi connectivity index (χ4n) is 2.08. The van der Waals surface area contributed by atoms with Crippen molar-refractivity contribution in [1.82, 2.24) is 19.7 Å². The van der Waals surface area contributed by atoms with Gasteiger partial charge in [0.15, 0.2) is 0 Å². The maximum absolute atomic E-state index is 10.6. The summed E-state index contributed by atoms with van der Waals surface area (Å²) in [7, 11) is 0. The van der Waals surface area contributed by atoms with Crippen LogP contribution in [0.25, 0.3) is 11.3 Å². The molecule has 25 heavy (non-hydrogen) atoms. The molecule has 3 aromatic rings. The number of carbonyl (C=O) groups is 1. The van der Waals surface area contributed by atoms with E-state index in [-0.39, 0.29) is 6.61 Å². The Hall–Kier alpha value is -3.62. The summed E-state index contributed by atoms with van der Waals surface area (Å²) in [6.45, 7) is 0.549. The molecule has 9 nitrogen and oxygen atoms in total. The average molecular weight is 340 g/mol. The Balaban J connectivity index is 1.69. The molecular formula is C16H16N6O3. The van der Waals surface area contributed by atoms with Gasteiger partial charge in [-0.25, -0.2) is 9.78 Å². The largest absolute Gasteiger partial charge is 0.456 e. The second kappa shape index (κ2) is 7.30. The molecular weight excluding hydrogens is 324 g/mol. The van der Waals surface area contributed by atoms with Crippen LogP contribution in [-0.2, 0) is 11.3 Å². The van der Waals surface area contributed by atoms with Gasteiger partial charge in [0.25, 0.3) is 0 Å². The summed E-state index contributed by atoms with van der Waals surface area (Å²) < 4.78 is 12.1. The molecule has 0 atom stereocenters. The summed E-state index contributed by atoms with van der Waals surface area (Å²) >= 11 is 0. The number of nitrogens with zero attached hydrogens (tertiary/aromatic N) is 4. The second-order valence-corrected chi connectivity index (χ2v) is 5.06. The monoisotopic (exact) mass is 340 g/mol. The van der Waals surface area contributed by atoms with Gasteiger partial charge in [-0.05, 0) is 18.2 Å². The Morgan fingerprint density at radius 2 is 2.04 bits per heavy atom. The van der Waals surface area contributed by atoms with Gasteiger partial charge in [0.2, 0.25) is 0 Å². The average Bonchev–Trinajstić information content (AvgIpc) is 3.06. The van der Waals surface area contributed by atoms with Crippen molar-refractivity contribution in [2.75, 3.05) is 12.3 Å². The van der Waals surface area contributed by atoms with Crippen LogP contribution in [0.5, 0.6) is 11.5 Å². The van der Waals surface area contributed by atoms with E-state index in [0.29, 0.717) is 29.6 Å². The van der Waals surface area contributed by atoms with Crippen LogP contribution in [-0.4, -0.2) is 32.4 Å². The zero-order chi connectivity index (χ0) is 17.6. The second-order valence-electron chi connectivity index (χ2n) is 5.06. The molecule has 0 aliphatic carbocycles. The molecule has 9 heteroatoms. The number of primary amides is 1. The number of nitrogens with two attached hydrogens (primary N) is 2. The van der Waals surface area contributed by atoms with Gasteiger partial charge in [-0.2, -0.15) is 5.10 Å². The van der Waals surface area contributed by atoms with Crippen molar-refractivity contribution in [2.45, 2.75) is 6.54 Å². The first-order valence-corrected chi connectivity index (χ1v) is 7.40. The summed E-state index contributed by atoms with van der Waals surface area (Å²) in [6.07, 6.45) is 5.84. The number of pyridine rings is 2. The highest BCUT2D eigenvalue weighted by atomic mass is 16.5. The predicted octanol–water partition coefficient (Wildman–Crippen LogP) is 1.81. The van der Waals surface area contributed by atoms with E-state index in [1.807, 2.05) is 0 Å². The minimum atomic E-state index is -0.809. The predicted molar refractivity (Wildman–Crippen MR) is 89.7 cm³/mol. The Morgan fingerprint density at radius 3 is 2.80 bits per heavy atom. The van der Waals surface area contributed by atoms with Crippen LogP contribution in [0.4, 0.5) is 10.6 Å². The van der Waals surface area contributed by atoms with Crippen LogP contribution in [0.3, 0.4) is 0 Å². The van der Waals surface area contributed by atoms with Crippen molar-refractivity contribution in [2.24, 2.45) is 5.73 Å². The first-order valence-electron chi connectivity index (χ1n) is 7.40. The third-order valence-electron chi connectivity index (χ3n) is 3.22. The van der Waals surface area contributed by atoms with Gasteiger partial charge in [-0.1, -0.05) is 0 Å². The molecule has 0 saturated carbocycles. The van der Waals surface area contributed by atoms with Crippen molar-refractivity contribution < 1.29 is 14.3 Å². The fourth-order valence-corrected chi connectivity index (χ4v) is 2.08. The summed E-state index contributed by atoms with van der Waals surface area (Å²) in [5.41, 5.74) is 12.0. The van der Waals surface area contributed by atoms with Gasteiger partial charge < -0.3 is 20.9 Å². The molecule has 0 saturated heterocycles. The van der Waals surface area contributed by atoms with Crippen LogP contribution in [0.1, 0.15) is 0 Å². The lowest BCUT2D eigenvalue weighted by Crippen LogP contribution is -2.16. The van der Waals surface area contributed by atoms with Crippen LogP contribution in [0.2, 0.25) is 0 Å². The Kier molecular flexibility index (Phi) is 4.74. The van der Waals surface area contributed by atoms with Gasteiger partial charge in [-0.15, -0.1) is 0 Å². The van der Waals surface area contributed by atoms with E-state index < -0.39 is 6.09 Å². The summed E-state index contributed by atoms with van der Waals surface area (Å²) in [5.74, 6) is 1.61. The number of hydrogen-bond donors (Lipinski definition) is 2. The molecule has 3 rings (SSSR count). The van der Waals surface area contributed by atoms with E-state index in [1.165, 1.54) is 0 Å². The number of rotatable bonds is 6. The SMILES string of the molecule is NC(=O)OCCn1cc(-c2cc(Oc3ccc(N)nc3)ccn2)cn1. The third-order valence-corrected chi connectivity index (χ3v) is 3.22. The summed E-state index contributed by atoms with van der Waals surface area (Å²) in [4.78, 5) is 18.8. The molecule has 3 heterocycles. The molecule has 1 amide bonds. The molecule has 0 unspecified atom stereocenters. The fraction of sp³-hybridized carbons (Fsp3) is 0.125. The Morgan fingerprint density at radius 1 is 1.16 bits per heavy atom. The Labute approximate surface area is 143 Å². The molecule has 0 bridgehead atoms. The number of nitrogen functional groups attached to an aromatic ring is 1. The van der Waals surface area contributed by atoms with Crippen LogP contribution >= 0.6 is 0 Å². The maximum atomic E-state index is 10.6. The first kappa shape index (κ1) is 16.2. The number of amides is 1. The molecule has 0 aromatic carbocycles. The zero-order valence-electron chi connectivity index (χ0n) is 13.2. The molecule has 3 aromatic heterocycles. The molecule has 0 radical (unpaired) electrons. The summed E-state index contributed by atoms with van der Waals surface area (Å²) in [5, 5.41) is 4.19. The number of anilines is 1. The molecule has 0 aliphatic heterocycles. The molecule has 0 aliphatic rings. The number of carbonyl (C=O) groups excluding carboxylic acids is 1. The molecule has 0 fully saturated rings. The quantitative estimate of drug-likeness (QED) is 0.699.